The van der Waals surface area contributed by atoms with E-state index in [0.29, 0.717) is 22.3 Å². The van der Waals surface area contributed by atoms with E-state index in [1.165, 1.54) is 0 Å². The minimum Gasteiger partial charge on any atom is -0.384 e. The Labute approximate surface area is 130 Å². The van der Waals surface area contributed by atoms with Gasteiger partial charge in [-0.05, 0) is 31.2 Å². The number of sulfonamides is 1. The number of benzene rings is 1. The second kappa shape index (κ2) is 6.84. The van der Waals surface area contributed by atoms with E-state index in [1.807, 2.05) is 6.92 Å². The summed E-state index contributed by atoms with van der Waals surface area (Å²) in [6, 6.07) is 6.48. The molecule has 21 heavy (non-hydrogen) atoms. The van der Waals surface area contributed by atoms with Gasteiger partial charge in [-0.15, -0.1) is 0 Å². The fourth-order valence-corrected chi connectivity index (χ4v) is 5.23. The van der Waals surface area contributed by atoms with E-state index in [9.17, 15) is 8.42 Å². The molecule has 1 aromatic rings. The molecule has 0 aliphatic carbocycles. The van der Waals surface area contributed by atoms with Crippen LogP contribution >= 0.6 is 11.8 Å². The minimum absolute atomic E-state index is 0.0115. The highest BCUT2D eigenvalue weighted by molar-refractivity contribution is 8.00. The van der Waals surface area contributed by atoms with E-state index >= 15 is 0 Å². The van der Waals surface area contributed by atoms with Gasteiger partial charge in [0.05, 0.1) is 4.90 Å². The lowest BCUT2D eigenvalue weighted by molar-refractivity contribution is 0.340. The van der Waals surface area contributed by atoms with E-state index in [4.69, 9.17) is 5.11 Å². The Morgan fingerprint density at radius 3 is 2.62 bits per heavy atom. The van der Waals surface area contributed by atoms with Gasteiger partial charge in [-0.3, -0.25) is 0 Å². The third-order valence-corrected chi connectivity index (χ3v) is 6.94. The van der Waals surface area contributed by atoms with Crippen molar-refractivity contribution in [3.05, 3.63) is 29.8 Å². The number of thioether (sulfide) groups is 1. The number of nitrogens with zero attached hydrogens (tertiary/aromatic N) is 1. The largest absolute Gasteiger partial charge is 0.384 e. The Morgan fingerprint density at radius 1 is 1.33 bits per heavy atom. The third-order valence-electron chi connectivity index (χ3n) is 3.60. The van der Waals surface area contributed by atoms with Gasteiger partial charge in [0.1, 0.15) is 6.61 Å². The highest BCUT2D eigenvalue weighted by Gasteiger charge is 2.34. The van der Waals surface area contributed by atoms with Gasteiger partial charge >= 0.3 is 0 Å². The monoisotopic (exact) mass is 325 g/mol. The molecule has 1 aliphatic heterocycles. The van der Waals surface area contributed by atoms with Crippen LogP contribution in [0.4, 0.5) is 0 Å². The third kappa shape index (κ3) is 3.61. The molecule has 6 heteroatoms. The van der Waals surface area contributed by atoms with E-state index < -0.39 is 10.0 Å². The standard InChI is InChI=1S/C15H19NO3S2/c1-12-13(2)20-11-9-16(12)21(18,19)15-7-5-14(6-8-15)4-3-10-17/h5-8,12-13,17H,9-11H2,1-2H3. The Bertz CT molecular complexity index is 644. The first-order valence-electron chi connectivity index (χ1n) is 6.80. The predicted octanol–water partition coefficient (Wildman–Crippen LogP) is 1.54. The van der Waals surface area contributed by atoms with Crippen LogP contribution in [0, 0.1) is 11.8 Å². The number of hydrogen-bond acceptors (Lipinski definition) is 4. The van der Waals surface area contributed by atoms with E-state index in [-0.39, 0.29) is 12.6 Å². The number of hydrogen-bond donors (Lipinski definition) is 1. The molecule has 0 bridgehead atoms. The summed E-state index contributed by atoms with van der Waals surface area (Å²) in [5.41, 5.74) is 0.693. The molecule has 1 aliphatic rings. The smallest absolute Gasteiger partial charge is 0.243 e. The van der Waals surface area contributed by atoms with E-state index in [2.05, 4.69) is 18.8 Å². The fraction of sp³-hybridized carbons (Fsp3) is 0.467. The summed E-state index contributed by atoms with van der Waals surface area (Å²) >= 11 is 1.80. The van der Waals surface area contributed by atoms with Crippen LogP contribution in [0.15, 0.2) is 29.2 Å². The quantitative estimate of drug-likeness (QED) is 0.838. The maximum absolute atomic E-state index is 12.7. The molecule has 1 fully saturated rings. The predicted molar refractivity (Wildman–Crippen MR) is 85.7 cm³/mol. The highest BCUT2D eigenvalue weighted by atomic mass is 32.2. The zero-order valence-electron chi connectivity index (χ0n) is 12.1. The van der Waals surface area contributed by atoms with Crippen LogP contribution in [0.25, 0.3) is 0 Å². The molecule has 2 unspecified atom stereocenters. The van der Waals surface area contributed by atoms with E-state index in [0.717, 1.165) is 5.75 Å². The summed E-state index contributed by atoms with van der Waals surface area (Å²) in [6.07, 6.45) is 0. The van der Waals surface area contributed by atoms with Crippen molar-refractivity contribution in [2.75, 3.05) is 18.9 Å². The molecule has 1 N–H and O–H groups in total. The molecule has 114 valence electrons. The summed E-state index contributed by atoms with van der Waals surface area (Å²) < 4.78 is 27.0. The normalized spacial score (nSPS) is 23.4. The first kappa shape index (κ1) is 16.4. The molecular formula is C15H19NO3S2. The van der Waals surface area contributed by atoms with Crippen molar-refractivity contribution in [1.82, 2.24) is 4.31 Å². The van der Waals surface area contributed by atoms with Gasteiger partial charge in [0.2, 0.25) is 10.0 Å². The summed E-state index contributed by atoms with van der Waals surface area (Å²) in [5.74, 6) is 6.12. The Hall–Kier alpha value is -1.00. The molecule has 0 radical (unpaired) electrons. The molecule has 1 heterocycles. The van der Waals surface area contributed by atoms with Crippen LogP contribution in [0.5, 0.6) is 0 Å². The van der Waals surface area contributed by atoms with Crippen molar-refractivity contribution in [2.24, 2.45) is 0 Å². The van der Waals surface area contributed by atoms with Gasteiger partial charge < -0.3 is 5.11 Å². The molecule has 4 nitrogen and oxygen atoms in total. The molecule has 2 rings (SSSR count). The lowest BCUT2D eigenvalue weighted by Crippen LogP contribution is -2.47. The topological polar surface area (TPSA) is 57.6 Å². The fourth-order valence-electron chi connectivity index (χ4n) is 2.23. The Morgan fingerprint density at radius 2 is 2.00 bits per heavy atom. The SMILES string of the molecule is CC1SCCN(S(=O)(=O)c2ccc(C#CCO)cc2)C1C. The maximum Gasteiger partial charge on any atom is 0.243 e. The van der Waals surface area contributed by atoms with Crippen molar-refractivity contribution < 1.29 is 13.5 Å². The van der Waals surface area contributed by atoms with Crippen molar-refractivity contribution in [3.8, 4) is 11.8 Å². The van der Waals surface area contributed by atoms with E-state index in [1.54, 1.807) is 40.3 Å². The van der Waals surface area contributed by atoms with Gasteiger partial charge in [-0.2, -0.15) is 16.1 Å². The lowest BCUT2D eigenvalue weighted by Gasteiger charge is -2.36. The molecule has 0 aromatic heterocycles. The lowest BCUT2D eigenvalue weighted by atomic mass is 10.2. The average molecular weight is 325 g/mol. The number of aliphatic hydroxyl groups is 1. The van der Waals surface area contributed by atoms with Crippen LogP contribution in [-0.4, -0.2) is 48.0 Å². The van der Waals surface area contributed by atoms with Crippen LogP contribution in [0.3, 0.4) is 0 Å². The number of rotatable bonds is 2. The van der Waals surface area contributed by atoms with Crippen LogP contribution < -0.4 is 0 Å². The molecular weight excluding hydrogens is 306 g/mol. The molecule has 1 aromatic carbocycles. The molecule has 0 spiro atoms. The zero-order valence-corrected chi connectivity index (χ0v) is 13.7. The van der Waals surface area contributed by atoms with Crippen LogP contribution in [0.2, 0.25) is 0 Å². The first-order valence-corrected chi connectivity index (χ1v) is 9.29. The Kier molecular flexibility index (Phi) is 5.33. The first-order chi connectivity index (χ1) is 9.96. The van der Waals surface area contributed by atoms with Crippen LogP contribution in [0.1, 0.15) is 19.4 Å². The molecule has 0 amide bonds. The van der Waals surface area contributed by atoms with Gasteiger partial charge in [0.15, 0.2) is 0 Å². The number of aliphatic hydroxyl groups excluding tert-OH is 1. The zero-order chi connectivity index (χ0) is 15.5. The summed E-state index contributed by atoms with van der Waals surface area (Å²) in [4.78, 5) is 0.294. The van der Waals surface area contributed by atoms with Crippen molar-refractivity contribution >= 4 is 21.8 Å². The molecule has 2 atom stereocenters. The van der Waals surface area contributed by atoms with Crippen molar-refractivity contribution in [3.63, 3.8) is 0 Å². The van der Waals surface area contributed by atoms with Crippen molar-refractivity contribution in [1.29, 1.82) is 0 Å². The highest BCUT2D eigenvalue weighted by Crippen LogP contribution is 2.29. The van der Waals surface area contributed by atoms with Crippen molar-refractivity contribution in [2.45, 2.75) is 30.0 Å². The summed E-state index contributed by atoms with van der Waals surface area (Å²) in [7, 11) is -3.46. The molecule has 1 saturated heterocycles. The summed E-state index contributed by atoms with van der Waals surface area (Å²) in [6.45, 7) is 4.35. The second-order valence-corrected chi connectivity index (χ2v) is 8.29. The maximum atomic E-state index is 12.7. The molecule has 0 saturated carbocycles. The average Bonchev–Trinajstić information content (AvgIpc) is 2.48. The van der Waals surface area contributed by atoms with Gasteiger partial charge in [0, 0.05) is 29.2 Å². The van der Waals surface area contributed by atoms with Crippen LogP contribution in [-0.2, 0) is 10.0 Å². The minimum atomic E-state index is -3.46. The summed E-state index contributed by atoms with van der Waals surface area (Å²) in [5, 5.41) is 8.95. The van der Waals surface area contributed by atoms with Gasteiger partial charge in [0.25, 0.3) is 0 Å². The van der Waals surface area contributed by atoms with Gasteiger partial charge in [-0.1, -0.05) is 18.8 Å². The Balaban J connectivity index is 2.27. The van der Waals surface area contributed by atoms with Gasteiger partial charge in [-0.25, -0.2) is 8.42 Å². The second-order valence-electron chi connectivity index (χ2n) is 4.92.